The SMILES string of the molecule is C=CC(C)N1CCCC(NC2CC2)C1=O. The Kier molecular flexibility index (Phi) is 3.10. The summed E-state index contributed by atoms with van der Waals surface area (Å²) in [6.45, 7) is 6.67. The van der Waals surface area contributed by atoms with Gasteiger partial charge in [-0.1, -0.05) is 6.08 Å². The van der Waals surface area contributed by atoms with E-state index in [4.69, 9.17) is 0 Å². The maximum atomic E-state index is 12.1. The highest BCUT2D eigenvalue weighted by atomic mass is 16.2. The number of nitrogens with one attached hydrogen (secondary N) is 1. The van der Waals surface area contributed by atoms with Crippen LogP contribution in [0.4, 0.5) is 0 Å². The number of piperidine rings is 1. The lowest BCUT2D eigenvalue weighted by atomic mass is 10.0. The summed E-state index contributed by atoms with van der Waals surface area (Å²) >= 11 is 0. The van der Waals surface area contributed by atoms with Crippen molar-refractivity contribution in [3.05, 3.63) is 12.7 Å². The topological polar surface area (TPSA) is 32.3 Å². The third-order valence-corrected chi connectivity index (χ3v) is 3.32. The Morgan fingerprint density at radius 1 is 1.53 bits per heavy atom. The number of amides is 1. The van der Waals surface area contributed by atoms with Gasteiger partial charge in [0.25, 0.3) is 0 Å². The van der Waals surface area contributed by atoms with Crippen LogP contribution in [0.1, 0.15) is 32.6 Å². The van der Waals surface area contributed by atoms with Gasteiger partial charge in [0.1, 0.15) is 0 Å². The second kappa shape index (κ2) is 4.35. The number of hydrogen-bond donors (Lipinski definition) is 1. The van der Waals surface area contributed by atoms with E-state index < -0.39 is 0 Å². The van der Waals surface area contributed by atoms with Crippen LogP contribution in [0.15, 0.2) is 12.7 Å². The lowest BCUT2D eigenvalue weighted by Gasteiger charge is -2.35. The average molecular weight is 208 g/mol. The van der Waals surface area contributed by atoms with Crippen molar-refractivity contribution in [2.75, 3.05) is 6.54 Å². The monoisotopic (exact) mass is 208 g/mol. The second-order valence-corrected chi connectivity index (χ2v) is 4.64. The first-order valence-corrected chi connectivity index (χ1v) is 5.91. The Morgan fingerprint density at radius 2 is 2.27 bits per heavy atom. The van der Waals surface area contributed by atoms with Gasteiger partial charge < -0.3 is 10.2 Å². The van der Waals surface area contributed by atoms with Crippen LogP contribution in [-0.2, 0) is 4.79 Å². The van der Waals surface area contributed by atoms with Gasteiger partial charge in [-0.2, -0.15) is 0 Å². The molecule has 1 amide bonds. The molecule has 84 valence electrons. The summed E-state index contributed by atoms with van der Waals surface area (Å²) in [7, 11) is 0. The van der Waals surface area contributed by atoms with E-state index >= 15 is 0 Å². The molecule has 1 aliphatic heterocycles. The van der Waals surface area contributed by atoms with Gasteiger partial charge >= 0.3 is 0 Å². The van der Waals surface area contributed by atoms with E-state index in [-0.39, 0.29) is 18.0 Å². The number of likely N-dealkylation sites (tertiary alicyclic amines) is 1. The Hall–Kier alpha value is -0.830. The predicted molar refractivity (Wildman–Crippen MR) is 60.6 cm³/mol. The second-order valence-electron chi connectivity index (χ2n) is 4.64. The molecule has 1 aliphatic carbocycles. The van der Waals surface area contributed by atoms with Crippen molar-refractivity contribution in [3.63, 3.8) is 0 Å². The first kappa shape index (κ1) is 10.7. The molecule has 1 heterocycles. The van der Waals surface area contributed by atoms with E-state index in [1.165, 1.54) is 12.8 Å². The van der Waals surface area contributed by atoms with E-state index in [0.29, 0.717) is 6.04 Å². The van der Waals surface area contributed by atoms with Crippen LogP contribution in [0.3, 0.4) is 0 Å². The number of carbonyl (C=O) groups is 1. The Balaban J connectivity index is 1.95. The van der Waals surface area contributed by atoms with Crippen molar-refractivity contribution in [2.24, 2.45) is 0 Å². The highest BCUT2D eigenvalue weighted by Gasteiger charge is 2.34. The summed E-state index contributed by atoms with van der Waals surface area (Å²) in [5.74, 6) is 0.264. The molecule has 1 saturated carbocycles. The number of carbonyl (C=O) groups excluding carboxylic acids is 1. The molecule has 1 N–H and O–H groups in total. The summed E-state index contributed by atoms with van der Waals surface area (Å²) in [6, 6.07) is 0.841. The van der Waals surface area contributed by atoms with Crippen LogP contribution in [0.5, 0.6) is 0 Å². The van der Waals surface area contributed by atoms with Crippen LogP contribution >= 0.6 is 0 Å². The molecular weight excluding hydrogens is 188 g/mol. The van der Waals surface area contributed by atoms with Crippen LogP contribution in [0.2, 0.25) is 0 Å². The molecule has 2 unspecified atom stereocenters. The number of hydrogen-bond acceptors (Lipinski definition) is 2. The van der Waals surface area contributed by atoms with E-state index in [9.17, 15) is 4.79 Å². The fourth-order valence-corrected chi connectivity index (χ4v) is 2.12. The van der Waals surface area contributed by atoms with Gasteiger partial charge in [0.2, 0.25) is 5.91 Å². The van der Waals surface area contributed by atoms with Gasteiger partial charge in [0, 0.05) is 18.6 Å². The van der Waals surface area contributed by atoms with E-state index in [1.807, 2.05) is 17.9 Å². The van der Waals surface area contributed by atoms with Crippen LogP contribution in [-0.4, -0.2) is 35.5 Å². The Morgan fingerprint density at radius 3 is 2.87 bits per heavy atom. The van der Waals surface area contributed by atoms with Gasteiger partial charge in [-0.3, -0.25) is 4.79 Å². The summed E-state index contributed by atoms with van der Waals surface area (Å²) in [5.41, 5.74) is 0. The highest BCUT2D eigenvalue weighted by Crippen LogP contribution is 2.23. The molecule has 0 bridgehead atoms. The van der Waals surface area contributed by atoms with Crippen LogP contribution in [0, 0.1) is 0 Å². The fourth-order valence-electron chi connectivity index (χ4n) is 2.12. The maximum Gasteiger partial charge on any atom is 0.240 e. The average Bonchev–Trinajstić information content (AvgIpc) is 3.04. The number of nitrogens with zero attached hydrogens (tertiary/aromatic N) is 1. The Bertz CT molecular complexity index is 260. The first-order valence-electron chi connectivity index (χ1n) is 5.91. The molecule has 0 aromatic heterocycles. The molecule has 15 heavy (non-hydrogen) atoms. The van der Waals surface area contributed by atoms with Crippen molar-refractivity contribution in [1.82, 2.24) is 10.2 Å². The fraction of sp³-hybridized carbons (Fsp3) is 0.750. The summed E-state index contributed by atoms with van der Waals surface area (Å²) < 4.78 is 0. The molecule has 0 aromatic rings. The van der Waals surface area contributed by atoms with Crippen molar-refractivity contribution in [1.29, 1.82) is 0 Å². The molecule has 3 heteroatoms. The smallest absolute Gasteiger partial charge is 0.240 e. The van der Waals surface area contributed by atoms with Gasteiger partial charge in [-0.25, -0.2) is 0 Å². The zero-order chi connectivity index (χ0) is 10.8. The molecule has 2 aliphatic rings. The van der Waals surface area contributed by atoms with Gasteiger partial charge in [0.15, 0.2) is 0 Å². The van der Waals surface area contributed by atoms with Crippen LogP contribution in [0.25, 0.3) is 0 Å². The zero-order valence-corrected chi connectivity index (χ0v) is 9.41. The molecular formula is C12H20N2O. The zero-order valence-electron chi connectivity index (χ0n) is 9.41. The molecule has 0 aromatic carbocycles. The largest absolute Gasteiger partial charge is 0.335 e. The van der Waals surface area contributed by atoms with E-state index in [2.05, 4.69) is 11.9 Å². The molecule has 2 atom stereocenters. The van der Waals surface area contributed by atoms with Crippen LogP contribution < -0.4 is 5.32 Å². The minimum absolute atomic E-state index is 0.0636. The minimum atomic E-state index is 0.0636. The quantitative estimate of drug-likeness (QED) is 0.706. The third kappa shape index (κ3) is 2.40. The molecule has 3 nitrogen and oxygen atoms in total. The van der Waals surface area contributed by atoms with Gasteiger partial charge in [-0.05, 0) is 32.6 Å². The Labute approximate surface area is 91.5 Å². The van der Waals surface area contributed by atoms with E-state index in [1.54, 1.807) is 0 Å². The lowest BCUT2D eigenvalue weighted by Crippen LogP contribution is -2.53. The van der Waals surface area contributed by atoms with Gasteiger partial charge in [-0.15, -0.1) is 6.58 Å². The number of rotatable bonds is 4. The summed E-state index contributed by atoms with van der Waals surface area (Å²) in [6.07, 6.45) is 6.42. The standard InChI is InChI=1S/C12H20N2O/c1-3-9(2)14-8-4-5-11(12(14)15)13-10-6-7-10/h3,9-11,13H,1,4-8H2,2H3. The third-order valence-electron chi connectivity index (χ3n) is 3.32. The normalized spacial score (nSPS) is 29.0. The van der Waals surface area contributed by atoms with Crippen molar-refractivity contribution in [2.45, 2.75) is 50.7 Å². The van der Waals surface area contributed by atoms with E-state index in [0.717, 1.165) is 19.4 Å². The molecule has 0 radical (unpaired) electrons. The molecule has 0 spiro atoms. The molecule has 2 fully saturated rings. The predicted octanol–water partition coefficient (Wildman–Crippen LogP) is 1.30. The minimum Gasteiger partial charge on any atom is -0.335 e. The van der Waals surface area contributed by atoms with Crippen molar-refractivity contribution in [3.8, 4) is 0 Å². The molecule has 1 saturated heterocycles. The summed E-state index contributed by atoms with van der Waals surface area (Å²) in [4.78, 5) is 14.0. The lowest BCUT2D eigenvalue weighted by molar-refractivity contribution is -0.137. The summed E-state index contributed by atoms with van der Waals surface area (Å²) in [5, 5.41) is 3.43. The van der Waals surface area contributed by atoms with Gasteiger partial charge in [0.05, 0.1) is 6.04 Å². The van der Waals surface area contributed by atoms with Crippen molar-refractivity contribution >= 4 is 5.91 Å². The first-order chi connectivity index (χ1) is 7.22. The molecule has 2 rings (SSSR count). The van der Waals surface area contributed by atoms with Crippen molar-refractivity contribution < 1.29 is 4.79 Å². The highest BCUT2D eigenvalue weighted by molar-refractivity contribution is 5.83. The maximum absolute atomic E-state index is 12.1.